The lowest BCUT2D eigenvalue weighted by Crippen LogP contribution is -2.43. The fourth-order valence-electron chi connectivity index (χ4n) is 5.02. The van der Waals surface area contributed by atoms with Crippen LogP contribution >= 0.6 is 0 Å². The molecule has 2 N–H and O–H groups in total. The van der Waals surface area contributed by atoms with Crippen LogP contribution in [-0.4, -0.2) is 52.4 Å². The first kappa shape index (κ1) is 20.2. The molecule has 2 aliphatic rings. The van der Waals surface area contributed by atoms with Crippen molar-refractivity contribution >= 4 is 33.7 Å². The topological polar surface area (TPSA) is 79.6 Å². The third-order valence-corrected chi connectivity index (χ3v) is 6.79. The van der Waals surface area contributed by atoms with Crippen molar-refractivity contribution in [1.29, 1.82) is 0 Å². The van der Waals surface area contributed by atoms with Crippen LogP contribution in [0.15, 0.2) is 67.0 Å². The molecule has 35 heavy (non-hydrogen) atoms. The normalized spacial score (nSPS) is 15.4. The molecule has 5 aromatic rings. The summed E-state index contributed by atoms with van der Waals surface area (Å²) in [7, 11) is 0. The molecule has 2 aromatic carbocycles. The van der Waals surface area contributed by atoms with Gasteiger partial charge in [-0.15, -0.1) is 5.10 Å². The highest BCUT2D eigenvalue weighted by Gasteiger charge is 2.19. The molecule has 0 aliphatic carbocycles. The summed E-state index contributed by atoms with van der Waals surface area (Å²) in [6, 6.07) is 19.0. The quantitative estimate of drug-likeness (QED) is 0.417. The van der Waals surface area contributed by atoms with E-state index in [1.807, 2.05) is 23.0 Å². The van der Waals surface area contributed by atoms with E-state index in [2.05, 4.69) is 74.0 Å². The van der Waals surface area contributed by atoms with Gasteiger partial charge in [-0.25, -0.2) is 9.50 Å². The zero-order valence-electron chi connectivity index (χ0n) is 19.2. The summed E-state index contributed by atoms with van der Waals surface area (Å²) >= 11 is 0. The van der Waals surface area contributed by atoms with Crippen molar-refractivity contribution in [2.24, 2.45) is 0 Å². The van der Waals surface area contributed by atoms with Gasteiger partial charge in [0.25, 0.3) is 0 Å². The molecule has 0 unspecified atom stereocenters. The Morgan fingerprint density at radius 3 is 2.83 bits per heavy atom. The number of anilines is 3. The highest BCUT2D eigenvalue weighted by Crippen LogP contribution is 2.37. The maximum Gasteiger partial charge on any atom is 0.245 e. The van der Waals surface area contributed by atoms with Crippen LogP contribution in [0.2, 0.25) is 0 Å². The summed E-state index contributed by atoms with van der Waals surface area (Å²) in [6.45, 7) is 4.77. The van der Waals surface area contributed by atoms with E-state index in [0.717, 1.165) is 78.3 Å². The van der Waals surface area contributed by atoms with Crippen molar-refractivity contribution in [1.82, 2.24) is 24.9 Å². The number of hydrogen-bond donors (Lipinski definition) is 2. The van der Waals surface area contributed by atoms with Gasteiger partial charge in [0, 0.05) is 49.2 Å². The van der Waals surface area contributed by atoms with Gasteiger partial charge >= 0.3 is 0 Å². The van der Waals surface area contributed by atoms with Crippen LogP contribution in [0.1, 0.15) is 5.56 Å². The van der Waals surface area contributed by atoms with E-state index >= 15 is 0 Å². The van der Waals surface area contributed by atoms with Crippen LogP contribution in [0.5, 0.6) is 5.75 Å². The molecule has 1 saturated heterocycles. The Morgan fingerprint density at radius 1 is 0.943 bits per heavy atom. The number of fused-ring (bicyclic) bond motifs is 3. The Bertz CT molecular complexity index is 1550. The first-order valence-corrected chi connectivity index (χ1v) is 12.0. The molecule has 0 saturated carbocycles. The van der Waals surface area contributed by atoms with E-state index in [9.17, 15) is 0 Å². The van der Waals surface area contributed by atoms with Crippen LogP contribution in [0.25, 0.3) is 27.7 Å². The second-order valence-corrected chi connectivity index (χ2v) is 8.99. The van der Waals surface area contributed by atoms with Gasteiger partial charge in [0.1, 0.15) is 5.75 Å². The second kappa shape index (κ2) is 8.25. The maximum absolute atomic E-state index is 5.93. The van der Waals surface area contributed by atoms with Gasteiger partial charge in [0.15, 0.2) is 0 Å². The first-order chi connectivity index (χ1) is 17.3. The van der Waals surface area contributed by atoms with Crippen molar-refractivity contribution in [3.05, 3.63) is 72.6 Å². The van der Waals surface area contributed by atoms with E-state index in [-0.39, 0.29) is 0 Å². The summed E-state index contributed by atoms with van der Waals surface area (Å²) in [4.78, 5) is 11.6. The largest absolute Gasteiger partial charge is 0.492 e. The van der Waals surface area contributed by atoms with Crippen molar-refractivity contribution in [3.63, 3.8) is 0 Å². The van der Waals surface area contributed by atoms with E-state index in [1.165, 1.54) is 11.3 Å². The Kier molecular flexibility index (Phi) is 4.77. The minimum absolute atomic E-state index is 0.517. The number of nitrogens with one attached hydrogen (secondary N) is 2. The highest BCUT2D eigenvalue weighted by atomic mass is 16.5. The predicted octanol–water partition coefficient (Wildman–Crippen LogP) is 4.03. The number of piperazine rings is 1. The number of aromatic nitrogens is 4. The van der Waals surface area contributed by atoms with Crippen molar-refractivity contribution in [2.75, 3.05) is 43.0 Å². The molecule has 3 aromatic heterocycles. The zero-order valence-corrected chi connectivity index (χ0v) is 19.2. The van der Waals surface area contributed by atoms with E-state index in [1.54, 1.807) is 0 Å². The lowest BCUT2D eigenvalue weighted by Gasteiger charge is -2.29. The summed E-state index contributed by atoms with van der Waals surface area (Å²) in [6.07, 6.45) is 4.61. The smallest absolute Gasteiger partial charge is 0.245 e. The molecular weight excluding hydrogens is 438 g/mol. The minimum atomic E-state index is 0.517. The third kappa shape index (κ3) is 3.63. The van der Waals surface area contributed by atoms with E-state index < -0.39 is 0 Å². The summed E-state index contributed by atoms with van der Waals surface area (Å²) in [5, 5.41) is 12.6. The highest BCUT2D eigenvalue weighted by molar-refractivity contribution is 5.85. The summed E-state index contributed by atoms with van der Waals surface area (Å²) in [5.41, 5.74) is 7.26. The Hall–Kier alpha value is -4.17. The molecule has 2 aliphatic heterocycles. The minimum Gasteiger partial charge on any atom is -0.492 e. The van der Waals surface area contributed by atoms with Crippen LogP contribution in [0.3, 0.4) is 0 Å². The molecule has 1 fully saturated rings. The molecule has 8 heteroatoms. The summed E-state index contributed by atoms with van der Waals surface area (Å²) < 4.78 is 7.86. The molecule has 7 rings (SSSR count). The van der Waals surface area contributed by atoms with E-state index in [0.29, 0.717) is 5.95 Å². The van der Waals surface area contributed by atoms with Crippen LogP contribution in [-0.2, 0) is 6.42 Å². The lowest BCUT2D eigenvalue weighted by atomic mass is 10.1. The molecule has 5 heterocycles. The summed E-state index contributed by atoms with van der Waals surface area (Å²) in [5.74, 6) is 1.47. The Balaban J connectivity index is 1.22. The van der Waals surface area contributed by atoms with Crippen molar-refractivity contribution in [3.8, 4) is 17.0 Å². The van der Waals surface area contributed by atoms with Gasteiger partial charge in [-0.3, -0.25) is 4.98 Å². The van der Waals surface area contributed by atoms with Crippen LogP contribution in [0.4, 0.5) is 17.3 Å². The fraction of sp³-hybridized carbons (Fsp3) is 0.222. The van der Waals surface area contributed by atoms with Gasteiger partial charge in [0.2, 0.25) is 5.95 Å². The Morgan fingerprint density at radius 2 is 1.89 bits per heavy atom. The fourth-order valence-corrected chi connectivity index (χ4v) is 5.02. The van der Waals surface area contributed by atoms with Gasteiger partial charge < -0.3 is 20.3 Å². The predicted molar refractivity (Wildman–Crippen MR) is 138 cm³/mol. The van der Waals surface area contributed by atoms with Crippen LogP contribution < -0.4 is 20.3 Å². The second-order valence-electron chi connectivity index (χ2n) is 8.99. The molecule has 0 radical (unpaired) electrons. The SMILES string of the molecule is c1cc2c(c(-c3ccc4cnc(Nc5cnc6ccc(N7CCNCC7)cc6c5)nn34)c1)OCC2. The number of benzene rings is 2. The Labute approximate surface area is 202 Å². The van der Waals surface area contributed by atoms with Gasteiger partial charge in [-0.2, -0.15) is 0 Å². The average Bonchev–Trinajstić information content (AvgIpc) is 3.56. The molecule has 0 amide bonds. The lowest BCUT2D eigenvalue weighted by molar-refractivity contribution is 0.358. The first-order valence-electron chi connectivity index (χ1n) is 12.0. The average molecular weight is 464 g/mol. The van der Waals surface area contributed by atoms with Crippen molar-refractivity contribution in [2.45, 2.75) is 6.42 Å². The number of para-hydroxylation sites is 1. The maximum atomic E-state index is 5.93. The van der Waals surface area contributed by atoms with Gasteiger partial charge in [0.05, 0.1) is 41.4 Å². The third-order valence-electron chi connectivity index (χ3n) is 6.79. The monoisotopic (exact) mass is 463 g/mol. The van der Waals surface area contributed by atoms with Gasteiger partial charge in [-0.05, 0) is 48.0 Å². The molecule has 0 spiro atoms. The van der Waals surface area contributed by atoms with Crippen molar-refractivity contribution < 1.29 is 4.74 Å². The molecular formula is C27H25N7O. The molecule has 0 bridgehead atoms. The van der Waals surface area contributed by atoms with Crippen LogP contribution in [0, 0.1) is 0 Å². The number of ether oxygens (including phenoxy) is 1. The number of rotatable bonds is 4. The van der Waals surface area contributed by atoms with E-state index in [4.69, 9.17) is 9.84 Å². The number of hydrogen-bond acceptors (Lipinski definition) is 7. The molecule has 8 nitrogen and oxygen atoms in total. The number of nitrogens with zero attached hydrogens (tertiary/aromatic N) is 5. The standard InChI is InChI=1S/C27H25N7O/c1-2-18-8-13-35-26(18)23(3-1)25-7-5-22-17-30-27(32-34(22)25)31-20-14-19-15-21(4-6-24(19)29-16-20)33-11-9-28-10-12-33/h1-7,14-17,28H,8-13H2,(H,31,32). The zero-order chi connectivity index (χ0) is 23.2. The molecule has 174 valence electrons. The molecule has 0 atom stereocenters. The van der Waals surface area contributed by atoms with Gasteiger partial charge in [-0.1, -0.05) is 12.1 Å². The number of pyridine rings is 1.